The summed E-state index contributed by atoms with van der Waals surface area (Å²) < 4.78 is 27.7. The Labute approximate surface area is 213 Å². The van der Waals surface area contributed by atoms with Crippen LogP contribution < -0.4 is 10.0 Å². The third-order valence-corrected chi connectivity index (χ3v) is 7.82. The van der Waals surface area contributed by atoms with Crippen LogP contribution in [0.5, 0.6) is 0 Å². The standard InChI is InChI=1S/C27H22N2O5S2/c30-26(28-21-13-11-20(12-14-21)27(31)32)25(19-7-3-1-4-8-19)35-23-17-15-22(16-18-23)29-36(33,34)24-9-5-2-6-10-24/h1-18,25,29H,(H,28,30)(H,31,32). The summed E-state index contributed by atoms with van der Waals surface area (Å²) in [6.07, 6.45) is 0. The number of hydrogen-bond acceptors (Lipinski definition) is 5. The maximum absolute atomic E-state index is 13.2. The van der Waals surface area contributed by atoms with E-state index >= 15 is 0 Å². The van der Waals surface area contributed by atoms with Crippen molar-refractivity contribution < 1.29 is 23.1 Å². The van der Waals surface area contributed by atoms with Crippen molar-refractivity contribution in [1.82, 2.24) is 0 Å². The van der Waals surface area contributed by atoms with Gasteiger partial charge < -0.3 is 10.4 Å². The number of carboxylic acids is 1. The van der Waals surface area contributed by atoms with Crippen molar-refractivity contribution in [2.75, 3.05) is 10.0 Å². The number of nitrogens with one attached hydrogen (secondary N) is 2. The minimum atomic E-state index is -3.71. The number of aromatic carboxylic acids is 1. The molecular formula is C27H22N2O5S2. The van der Waals surface area contributed by atoms with Gasteiger partial charge in [0.25, 0.3) is 10.0 Å². The number of thioether (sulfide) groups is 1. The van der Waals surface area contributed by atoms with Gasteiger partial charge in [0.15, 0.2) is 0 Å². The van der Waals surface area contributed by atoms with Gasteiger partial charge in [0.05, 0.1) is 10.5 Å². The van der Waals surface area contributed by atoms with E-state index in [4.69, 9.17) is 5.11 Å². The van der Waals surface area contributed by atoms with Crippen LogP contribution in [0.25, 0.3) is 0 Å². The van der Waals surface area contributed by atoms with E-state index in [0.717, 1.165) is 10.5 Å². The number of amides is 1. The lowest BCUT2D eigenvalue weighted by molar-refractivity contribution is -0.115. The Kier molecular flexibility index (Phi) is 7.72. The van der Waals surface area contributed by atoms with Crippen LogP contribution in [0.15, 0.2) is 119 Å². The quantitative estimate of drug-likeness (QED) is 0.247. The molecule has 0 fully saturated rings. The van der Waals surface area contributed by atoms with E-state index in [9.17, 15) is 18.0 Å². The van der Waals surface area contributed by atoms with Crippen molar-refractivity contribution in [2.24, 2.45) is 0 Å². The predicted octanol–water partition coefficient (Wildman–Crippen LogP) is 5.66. The molecule has 0 heterocycles. The van der Waals surface area contributed by atoms with Gasteiger partial charge in [-0.05, 0) is 66.2 Å². The molecule has 0 spiro atoms. The largest absolute Gasteiger partial charge is 0.478 e. The second-order valence-electron chi connectivity index (χ2n) is 7.72. The Morgan fingerprint density at radius 3 is 1.86 bits per heavy atom. The number of rotatable bonds is 9. The zero-order valence-electron chi connectivity index (χ0n) is 18.9. The van der Waals surface area contributed by atoms with Crippen LogP contribution in [0.2, 0.25) is 0 Å². The summed E-state index contributed by atoms with van der Waals surface area (Å²) in [5.74, 6) is -1.32. The number of hydrogen-bond donors (Lipinski definition) is 3. The molecule has 1 amide bonds. The minimum absolute atomic E-state index is 0.130. The van der Waals surface area contributed by atoms with Gasteiger partial charge in [-0.2, -0.15) is 0 Å². The fraction of sp³-hybridized carbons (Fsp3) is 0.0370. The van der Waals surface area contributed by atoms with Crippen LogP contribution in [0, 0.1) is 0 Å². The summed E-state index contributed by atoms with van der Waals surface area (Å²) in [5, 5.41) is 11.3. The maximum atomic E-state index is 13.2. The van der Waals surface area contributed by atoms with Gasteiger partial charge in [0, 0.05) is 16.3 Å². The summed E-state index contributed by atoms with van der Waals surface area (Å²) in [5.41, 5.74) is 1.81. The van der Waals surface area contributed by atoms with E-state index in [2.05, 4.69) is 10.0 Å². The molecule has 4 aromatic carbocycles. The van der Waals surface area contributed by atoms with E-state index in [1.807, 2.05) is 30.3 Å². The summed E-state index contributed by atoms with van der Waals surface area (Å²) >= 11 is 1.32. The van der Waals surface area contributed by atoms with Crippen molar-refractivity contribution >= 4 is 45.0 Å². The molecule has 4 aromatic rings. The molecule has 0 saturated carbocycles. The first-order valence-electron chi connectivity index (χ1n) is 10.9. The predicted molar refractivity (Wildman–Crippen MR) is 141 cm³/mol. The van der Waals surface area contributed by atoms with Crippen LogP contribution in [0.4, 0.5) is 11.4 Å². The highest BCUT2D eigenvalue weighted by Gasteiger charge is 2.22. The van der Waals surface area contributed by atoms with Crippen molar-refractivity contribution in [3.05, 3.63) is 120 Å². The first kappa shape index (κ1) is 25.0. The Balaban J connectivity index is 1.50. The molecule has 36 heavy (non-hydrogen) atoms. The van der Waals surface area contributed by atoms with Crippen LogP contribution >= 0.6 is 11.8 Å². The number of benzene rings is 4. The maximum Gasteiger partial charge on any atom is 0.335 e. The Morgan fingerprint density at radius 1 is 0.722 bits per heavy atom. The van der Waals surface area contributed by atoms with Gasteiger partial charge in [-0.1, -0.05) is 48.5 Å². The molecule has 7 nitrogen and oxygen atoms in total. The molecule has 1 unspecified atom stereocenters. The smallest absolute Gasteiger partial charge is 0.335 e. The minimum Gasteiger partial charge on any atom is -0.478 e. The number of carbonyl (C=O) groups excluding carboxylic acids is 1. The third-order valence-electron chi connectivity index (χ3n) is 5.15. The second kappa shape index (κ2) is 11.1. The fourth-order valence-electron chi connectivity index (χ4n) is 3.36. The van der Waals surface area contributed by atoms with E-state index in [1.54, 1.807) is 54.6 Å². The zero-order chi connectivity index (χ0) is 25.5. The van der Waals surface area contributed by atoms with Crippen molar-refractivity contribution in [2.45, 2.75) is 15.0 Å². The molecule has 0 saturated heterocycles. The average molecular weight is 519 g/mol. The van der Waals surface area contributed by atoms with Gasteiger partial charge in [-0.3, -0.25) is 9.52 Å². The van der Waals surface area contributed by atoms with E-state index in [1.165, 1.54) is 36.0 Å². The molecule has 182 valence electrons. The van der Waals surface area contributed by atoms with Crippen molar-refractivity contribution in [3.8, 4) is 0 Å². The summed E-state index contributed by atoms with van der Waals surface area (Å²) in [6.45, 7) is 0. The molecule has 0 aliphatic carbocycles. The van der Waals surface area contributed by atoms with Crippen LogP contribution in [0.3, 0.4) is 0 Å². The summed E-state index contributed by atoms with van der Waals surface area (Å²) in [7, 11) is -3.71. The monoisotopic (exact) mass is 518 g/mol. The molecule has 0 bridgehead atoms. The van der Waals surface area contributed by atoms with Crippen molar-refractivity contribution in [1.29, 1.82) is 0 Å². The molecule has 4 rings (SSSR count). The Hall–Kier alpha value is -4.08. The van der Waals surface area contributed by atoms with Gasteiger partial charge in [-0.25, -0.2) is 13.2 Å². The van der Waals surface area contributed by atoms with Gasteiger partial charge in [0.2, 0.25) is 5.91 Å². The van der Waals surface area contributed by atoms with E-state index < -0.39 is 21.2 Å². The van der Waals surface area contributed by atoms with Crippen molar-refractivity contribution in [3.63, 3.8) is 0 Å². The molecule has 0 aliphatic rings. The molecule has 9 heteroatoms. The second-order valence-corrected chi connectivity index (χ2v) is 10.6. The molecule has 0 radical (unpaired) electrons. The van der Waals surface area contributed by atoms with Gasteiger partial charge in [0.1, 0.15) is 5.25 Å². The topological polar surface area (TPSA) is 113 Å². The first-order chi connectivity index (χ1) is 17.3. The SMILES string of the molecule is O=C(O)c1ccc(NC(=O)C(Sc2ccc(NS(=O)(=O)c3ccccc3)cc2)c2ccccc2)cc1. The lowest BCUT2D eigenvalue weighted by Crippen LogP contribution is -2.19. The van der Waals surface area contributed by atoms with Crippen LogP contribution in [-0.4, -0.2) is 25.4 Å². The van der Waals surface area contributed by atoms with Gasteiger partial charge in [-0.15, -0.1) is 11.8 Å². The summed E-state index contributed by atoms with van der Waals surface area (Å²) in [6, 6.07) is 30.1. The Bertz CT molecular complexity index is 1440. The van der Waals surface area contributed by atoms with Gasteiger partial charge >= 0.3 is 5.97 Å². The van der Waals surface area contributed by atoms with Crippen LogP contribution in [0.1, 0.15) is 21.2 Å². The number of carbonyl (C=O) groups is 2. The highest BCUT2D eigenvalue weighted by molar-refractivity contribution is 8.00. The summed E-state index contributed by atoms with van der Waals surface area (Å²) in [4.78, 5) is 25.2. The molecule has 0 aliphatic heterocycles. The highest BCUT2D eigenvalue weighted by atomic mass is 32.2. The third kappa shape index (κ3) is 6.32. The van der Waals surface area contributed by atoms with E-state index in [0.29, 0.717) is 11.4 Å². The number of sulfonamides is 1. The lowest BCUT2D eigenvalue weighted by Gasteiger charge is -2.17. The molecule has 3 N–H and O–H groups in total. The number of carboxylic acid groups (broad SMARTS) is 1. The van der Waals surface area contributed by atoms with Crippen LogP contribution in [-0.2, 0) is 14.8 Å². The fourth-order valence-corrected chi connectivity index (χ4v) is 5.46. The number of anilines is 2. The van der Waals surface area contributed by atoms with E-state index in [-0.39, 0.29) is 16.4 Å². The molecule has 0 aromatic heterocycles. The first-order valence-corrected chi connectivity index (χ1v) is 13.2. The zero-order valence-corrected chi connectivity index (χ0v) is 20.5. The molecule has 1 atom stereocenters. The average Bonchev–Trinajstić information content (AvgIpc) is 2.89. The molecular weight excluding hydrogens is 496 g/mol. The highest BCUT2D eigenvalue weighted by Crippen LogP contribution is 2.37. The Morgan fingerprint density at radius 2 is 1.28 bits per heavy atom. The normalized spacial score (nSPS) is 11.9. The lowest BCUT2D eigenvalue weighted by atomic mass is 10.1.